The number of rotatable bonds is 8. The lowest BCUT2D eigenvalue weighted by molar-refractivity contribution is 0.326. The Kier molecular flexibility index (Phi) is 6.13. The van der Waals surface area contributed by atoms with Gasteiger partial charge in [-0.25, -0.2) is 18.4 Å². The molecule has 2 aliphatic rings. The third-order valence-electron chi connectivity index (χ3n) is 6.39. The highest BCUT2D eigenvalue weighted by atomic mass is 35.5. The number of nitrogens with zero attached hydrogens (tertiary/aromatic N) is 4. The van der Waals surface area contributed by atoms with Crippen LogP contribution in [0.15, 0.2) is 75.2 Å². The number of benzene rings is 2. The zero-order valence-corrected chi connectivity index (χ0v) is 22.2. The molecule has 0 aliphatic carbocycles. The van der Waals surface area contributed by atoms with Crippen molar-refractivity contribution in [3.8, 4) is 34.0 Å². The Morgan fingerprint density at radius 1 is 1.05 bits per heavy atom. The third kappa shape index (κ3) is 4.63. The van der Waals surface area contributed by atoms with E-state index >= 15 is 0 Å². The molecule has 2 aromatic heterocycles. The predicted octanol–water partition coefficient (Wildman–Crippen LogP) is 3.62. The Bertz CT molecular complexity index is 1650. The molecule has 6 rings (SSSR count). The minimum atomic E-state index is -3.39. The molecular weight excluding hydrogens is 525 g/mol. The van der Waals surface area contributed by atoms with Crippen molar-refractivity contribution in [2.45, 2.75) is 35.5 Å². The normalized spacial score (nSPS) is 19.1. The Morgan fingerprint density at radius 3 is 2.32 bits per heavy atom. The molecule has 2 aromatic carbocycles. The fourth-order valence-electron chi connectivity index (χ4n) is 3.98. The number of aromatic nitrogens is 3. The van der Waals surface area contributed by atoms with Gasteiger partial charge in [-0.1, -0.05) is 41.6 Å². The van der Waals surface area contributed by atoms with Crippen LogP contribution in [0.5, 0.6) is 0 Å². The molecule has 0 amide bonds. The quantitative estimate of drug-likeness (QED) is 0.187. The van der Waals surface area contributed by atoms with Gasteiger partial charge in [0.25, 0.3) is 0 Å². The molecule has 2 aliphatic heterocycles. The largest absolute Gasteiger partial charge is 0.549 e. The smallest absolute Gasteiger partial charge is 0.434 e. The molecule has 1 atom stereocenters. The van der Waals surface area contributed by atoms with E-state index in [0.29, 0.717) is 60.7 Å². The van der Waals surface area contributed by atoms with Crippen molar-refractivity contribution in [2.24, 2.45) is 4.99 Å². The zero-order chi connectivity index (χ0) is 26.5. The number of sulfone groups is 1. The lowest BCUT2D eigenvalue weighted by Crippen LogP contribution is -2.14. The van der Waals surface area contributed by atoms with Crippen LogP contribution < -0.4 is 0 Å². The van der Waals surface area contributed by atoms with Gasteiger partial charge in [0, 0.05) is 23.1 Å². The molecule has 4 heterocycles. The van der Waals surface area contributed by atoms with Crippen molar-refractivity contribution in [3.05, 3.63) is 72.1 Å². The number of hydrogen-bond donors (Lipinski definition) is 0. The van der Waals surface area contributed by atoms with E-state index in [1.54, 1.807) is 50.4 Å². The highest BCUT2D eigenvalue weighted by molar-refractivity contribution is 7.92. The standard InChI is InChI=1S/C25H21B2ClN4O5S/c1-14(2)38(33,34)18-9-7-17(8-10-18)20-13-29-23(25(27-37-25)31-24-26-35-24)22(30-20)21-11-19(32-36-21)16-5-3-15(12-28)4-6-16/h3-11,13-14,26-27H,12H2,1-2H3/b31-24+. The molecule has 1 unspecified atom stereocenters. The van der Waals surface area contributed by atoms with Crippen LogP contribution in [0.25, 0.3) is 34.0 Å². The number of aliphatic imine (C=N–C) groups is 1. The first kappa shape index (κ1) is 24.8. The summed E-state index contributed by atoms with van der Waals surface area (Å²) in [5, 5.41) is 3.73. The summed E-state index contributed by atoms with van der Waals surface area (Å²) in [6.07, 6.45) is 1.62. The Balaban J connectivity index is 1.41. The van der Waals surface area contributed by atoms with Gasteiger partial charge in [0.1, 0.15) is 17.1 Å². The van der Waals surface area contributed by atoms with E-state index in [1.807, 2.05) is 24.3 Å². The Labute approximate surface area is 225 Å². The first-order valence-corrected chi connectivity index (χ1v) is 14.1. The molecule has 0 saturated carbocycles. The topological polar surface area (TPSA) is 123 Å². The van der Waals surface area contributed by atoms with Gasteiger partial charge in [-0.05, 0) is 31.5 Å². The van der Waals surface area contributed by atoms with Crippen LogP contribution in [0, 0.1) is 0 Å². The Hall–Kier alpha value is -3.47. The number of hydrogen-bond acceptors (Lipinski definition) is 9. The molecule has 0 spiro atoms. The van der Waals surface area contributed by atoms with E-state index in [-0.39, 0.29) is 4.90 Å². The molecular formula is C25H21B2ClN4O5S. The molecule has 190 valence electrons. The summed E-state index contributed by atoms with van der Waals surface area (Å²) in [6, 6.07) is 16.1. The van der Waals surface area contributed by atoms with E-state index in [9.17, 15) is 8.42 Å². The molecule has 9 nitrogen and oxygen atoms in total. The summed E-state index contributed by atoms with van der Waals surface area (Å²) < 4.78 is 41.7. The predicted molar refractivity (Wildman–Crippen MR) is 146 cm³/mol. The maximum atomic E-state index is 12.5. The van der Waals surface area contributed by atoms with E-state index in [2.05, 4.69) is 15.1 Å². The van der Waals surface area contributed by atoms with Gasteiger partial charge >= 0.3 is 15.0 Å². The monoisotopic (exact) mass is 546 g/mol. The maximum Gasteiger partial charge on any atom is 0.434 e. The second kappa shape index (κ2) is 9.37. The van der Waals surface area contributed by atoms with Gasteiger partial charge in [0.2, 0.25) is 0 Å². The van der Waals surface area contributed by atoms with Crippen molar-refractivity contribution in [2.75, 3.05) is 0 Å². The minimum Gasteiger partial charge on any atom is -0.549 e. The minimum absolute atomic E-state index is 0.256. The zero-order valence-electron chi connectivity index (χ0n) is 20.6. The summed E-state index contributed by atoms with van der Waals surface area (Å²) in [5.74, 6) is 1.42. The second-order valence-corrected chi connectivity index (χ2v) is 12.1. The molecule has 0 bridgehead atoms. The molecule has 2 fully saturated rings. The van der Waals surface area contributed by atoms with Crippen molar-refractivity contribution < 1.29 is 22.2 Å². The summed E-state index contributed by atoms with van der Waals surface area (Å²) in [4.78, 5) is 14.3. The van der Waals surface area contributed by atoms with Gasteiger partial charge in [-0.2, -0.15) is 0 Å². The molecule has 2 saturated heterocycles. The number of alkyl halides is 1. The van der Waals surface area contributed by atoms with Crippen LogP contribution >= 0.6 is 11.6 Å². The van der Waals surface area contributed by atoms with Gasteiger partial charge in [-0.15, -0.1) is 11.6 Å². The number of halogens is 1. The van der Waals surface area contributed by atoms with E-state index in [1.165, 1.54) is 0 Å². The Morgan fingerprint density at radius 2 is 1.71 bits per heavy atom. The van der Waals surface area contributed by atoms with Gasteiger partial charge in [0.15, 0.2) is 27.0 Å². The average molecular weight is 547 g/mol. The first-order chi connectivity index (χ1) is 18.3. The van der Waals surface area contributed by atoms with E-state index < -0.39 is 20.7 Å². The molecule has 4 aromatic rings. The molecule has 0 radical (unpaired) electrons. The van der Waals surface area contributed by atoms with Crippen LogP contribution in [0.4, 0.5) is 0 Å². The summed E-state index contributed by atoms with van der Waals surface area (Å²) in [6.45, 7) is 3.31. The highest BCUT2D eigenvalue weighted by Crippen LogP contribution is 2.43. The van der Waals surface area contributed by atoms with Crippen LogP contribution in [0.2, 0.25) is 0 Å². The SMILES string of the molecule is CC(C)S(=O)(=O)c1ccc(-c2cnc(C3(/N=C4\BO4)BO3)c(-c3cc(-c4ccc(CCl)cc4)no3)n2)cc1. The maximum absolute atomic E-state index is 12.5. The van der Waals surface area contributed by atoms with Crippen molar-refractivity contribution in [1.82, 2.24) is 15.1 Å². The van der Waals surface area contributed by atoms with E-state index in [0.717, 1.165) is 11.1 Å². The van der Waals surface area contributed by atoms with Crippen LogP contribution in [0.1, 0.15) is 25.1 Å². The highest BCUT2D eigenvalue weighted by Gasteiger charge is 2.54. The van der Waals surface area contributed by atoms with E-state index in [4.69, 9.17) is 30.4 Å². The fourth-order valence-corrected chi connectivity index (χ4v) is 5.22. The first-order valence-electron chi connectivity index (χ1n) is 12.0. The van der Waals surface area contributed by atoms with Crippen molar-refractivity contribution >= 4 is 42.2 Å². The van der Waals surface area contributed by atoms with Gasteiger partial charge < -0.3 is 13.8 Å². The lowest BCUT2D eigenvalue weighted by Gasteiger charge is -2.12. The van der Waals surface area contributed by atoms with Crippen molar-refractivity contribution in [3.63, 3.8) is 0 Å². The van der Waals surface area contributed by atoms with Crippen LogP contribution in [-0.4, -0.2) is 49.6 Å². The third-order valence-corrected chi connectivity index (χ3v) is 8.86. The van der Waals surface area contributed by atoms with Crippen LogP contribution in [-0.2, 0) is 30.7 Å². The van der Waals surface area contributed by atoms with Gasteiger partial charge in [-0.3, -0.25) is 4.98 Å². The second-order valence-electron chi connectivity index (χ2n) is 9.34. The fraction of sp³-hybridized carbons (Fsp3) is 0.200. The molecule has 13 heteroatoms. The summed E-state index contributed by atoms with van der Waals surface area (Å²) >= 11 is 5.92. The summed E-state index contributed by atoms with van der Waals surface area (Å²) in [7, 11) is -2.59. The molecule has 38 heavy (non-hydrogen) atoms. The summed E-state index contributed by atoms with van der Waals surface area (Å²) in [5.41, 5.74) is 3.66. The van der Waals surface area contributed by atoms with Crippen LogP contribution in [0.3, 0.4) is 0 Å². The lowest BCUT2D eigenvalue weighted by atomic mass is 9.91. The van der Waals surface area contributed by atoms with Gasteiger partial charge in [0.05, 0.1) is 22.0 Å². The average Bonchev–Trinajstić information content (AvgIpc) is 3.87. The molecule has 0 N–H and O–H groups in total. The van der Waals surface area contributed by atoms with Crippen molar-refractivity contribution in [1.29, 1.82) is 0 Å².